The monoisotopic (exact) mass is 395 g/mol. The van der Waals surface area contributed by atoms with Crippen LogP contribution in [0, 0.1) is 5.92 Å². The van der Waals surface area contributed by atoms with Crippen molar-refractivity contribution in [3.05, 3.63) is 11.1 Å². The van der Waals surface area contributed by atoms with Crippen LogP contribution in [0.25, 0.3) is 0 Å². The number of nitrogens with zero attached hydrogens (tertiary/aromatic N) is 2. The van der Waals surface area contributed by atoms with Crippen LogP contribution in [0.3, 0.4) is 0 Å². The Balaban J connectivity index is 1.38. The highest BCUT2D eigenvalue weighted by Gasteiger charge is 2.21. The number of carbonyl (C=O) groups is 3. The Bertz CT molecular complexity index is 668. The first-order valence-electron chi connectivity index (χ1n) is 9.28. The first kappa shape index (κ1) is 19.6. The van der Waals surface area contributed by atoms with Gasteiger partial charge in [-0.25, -0.2) is 4.98 Å². The van der Waals surface area contributed by atoms with Gasteiger partial charge in [0.15, 0.2) is 5.13 Å². The number of amides is 3. The highest BCUT2D eigenvalue weighted by molar-refractivity contribution is 7.13. The zero-order chi connectivity index (χ0) is 19.1. The van der Waals surface area contributed by atoms with Gasteiger partial charge in [0, 0.05) is 24.4 Å². The maximum Gasteiger partial charge on any atom is 0.289 e. The third kappa shape index (κ3) is 5.64. The van der Waals surface area contributed by atoms with Crippen LogP contribution in [0.15, 0.2) is 5.38 Å². The zero-order valence-electron chi connectivity index (χ0n) is 15.2. The third-order valence-corrected chi connectivity index (χ3v) is 5.62. The molecule has 0 bridgehead atoms. The fraction of sp³-hybridized carbons (Fsp3) is 0.647. The molecule has 10 heteroatoms. The van der Waals surface area contributed by atoms with E-state index in [0.717, 1.165) is 43.9 Å². The number of thiazole rings is 1. The van der Waals surface area contributed by atoms with Gasteiger partial charge in [-0.15, -0.1) is 11.3 Å². The summed E-state index contributed by atoms with van der Waals surface area (Å²) < 4.78 is 5.30. The third-order valence-electron chi connectivity index (χ3n) is 4.72. The summed E-state index contributed by atoms with van der Waals surface area (Å²) in [5, 5.41) is 5.04. The highest BCUT2D eigenvalue weighted by Crippen LogP contribution is 2.23. The van der Waals surface area contributed by atoms with Crippen LogP contribution in [-0.2, 0) is 14.3 Å². The molecule has 1 aliphatic carbocycles. The largest absolute Gasteiger partial charge is 0.378 e. The number of rotatable bonds is 5. The summed E-state index contributed by atoms with van der Waals surface area (Å²) >= 11 is 1.38. The van der Waals surface area contributed by atoms with Crippen LogP contribution in [0.5, 0.6) is 0 Å². The standard InChI is InChI=1S/C17H25N5O4S/c23-14(10-18-15(24)12-4-2-1-3-5-12)20-21-16(25)13-11-27-17(19-13)22-6-8-26-9-7-22/h11-12H,1-10H2,(H,18,24)(H,20,23)(H,21,25). The Morgan fingerprint density at radius 3 is 2.63 bits per heavy atom. The van der Waals surface area contributed by atoms with Crippen molar-refractivity contribution in [1.82, 2.24) is 21.2 Å². The van der Waals surface area contributed by atoms with Crippen molar-refractivity contribution in [3.63, 3.8) is 0 Å². The molecule has 3 N–H and O–H groups in total. The van der Waals surface area contributed by atoms with Crippen molar-refractivity contribution in [1.29, 1.82) is 0 Å². The minimum absolute atomic E-state index is 0.00486. The van der Waals surface area contributed by atoms with Crippen LogP contribution in [0.2, 0.25) is 0 Å². The minimum Gasteiger partial charge on any atom is -0.378 e. The lowest BCUT2D eigenvalue weighted by Crippen LogP contribution is -2.47. The molecular weight excluding hydrogens is 370 g/mol. The van der Waals surface area contributed by atoms with E-state index in [0.29, 0.717) is 13.2 Å². The average molecular weight is 395 g/mol. The lowest BCUT2D eigenvalue weighted by atomic mass is 9.89. The summed E-state index contributed by atoms with van der Waals surface area (Å²) in [4.78, 5) is 42.3. The second kappa shape index (κ2) is 9.65. The van der Waals surface area contributed by atoms with Gasteiger partial charge in [-0.05, 0) is 12.8 Å². The molecule has 2 fully saturated rings. The Morgan fingerprint density at radius 2 is 1.89 bits per heavy atom. The number of hydrogen-bond donors (Lipinski definition) is 3. The van der Waals surface area contributed by atoms with Crippen LogP contribution >= 0.6 is 11.3 Å². The molecule has 148 valence electrons. The molecule has 27 heavy (non-hydrogen) atoms. The van der Waals surface area contributed by atoms with Crippen molar-refractivity contribution in [2.45, 2.75) is 32.1 Å². The lowest BCUT2D eigenvalue weighted by molar-refractivity contribution is -0.129. The van der Waals surface area contributed by atoms with E-state index in [9.17, 15) is 14.4 Å². The first-order chi connectivity index (χ1) is 13.1. The second-order valence-corrected chi connectivity index (χ2v) is 7.51. The quantitative estimate of drug-likeness (QED) is 0.624. The maximum atomic E-state index is 12.1. The van der Waals surface area contributed by atoms with Crippen LogP contribution in [-0.4, -0.2) is 55.6 Å². The van der Waals surface area contributed by atoms with E-state index in [-0.39, 0.29) is 24.1 Å². The summed E-state index contributed by atoms with van der Waals surface area (Å²) in [7, 11) is 0. The Morgan fingerprint density at radius 1 is 1.15 bits per heavy atom. The van der Waals surface area contributed by atoms with E-state index in [1.807, 2.05) is 0 Å². The summed E-state index contributed by atoms with van der Waals surface area (Å²) in [6.45, 7) is 2.61. The molecule has 1 saturated carbocycles. The molecule has 3 rings (SSSR count). The van der Waals surface area contributed by atoms with Crippen molar-refractivity contribution < 1.29 is 19.1 Å². The second-order valence-electron chi connectivity index (χ2n) is 6.67. The van der Waals surface area contributed by atoms with E-state index in [2.05, 4.69) is 26.1 Å². The molecule has 0 radical (unpaired) electrons. The maximum absolute atomic E-state index is 12.1. The molecule has 1 aromatic heterocycles. The smallest absolute Gasteiger partial charge is 0.289 e. The van der Waals surface area contributed by atoms with E-state index in [4.69, 9.17) is 4.74 Å². The Labute approximate surface area is 161 Å². The number of aromatic nitrogens is 1. The minimum atomic E-state index is -0.488. The van der Waals surface area contributed by atoms with Gasteiger partial charge < -0.3 is 15.0 Å². The molecule has 1 aliphatic heterocycles. The van der Waals surface area contributed by atoms with Gasteiger partial charge >= 0.3 is 0 Å². The number of carbonyl (C=O) groups excluding carboxylic acids is 3. The van der Waals surface area contributed by atoms with Crippen molar-refractivity contribution in [3.8, 4) is 0 Å². The summed E-state index contributed by atoms with van der Waals surface area (Å²) in [6, 6.07) is 0. The van der Waals surface area contributed by atoms with E-state index in [1.165, 1.54) is 17.8 Å². The van der Waals surface area contributed by atoms with Gasteiger partial charge in [-0.3, -0.25) is 25.2 Å². The molecule has 1 aromatic rings. The molecular formula is C17H25N5O4S. The molecule has 0 atom stereocenters. The number of hydrazine groups is 1. The molecule has 3 amide bonds. The number of morpholine rings is 1. The zero-order valence-corrected chi connectivity index (χ0v) is 16.0. The molecule has 2 heterocycles. The predicted molar refractivity (Wildman–Crippen MR) is 100 cm³/mol. The van der Waals surface area contributed by atoms with Crippen LogP contribution in [0.1, 0.15) is 42.6 Å². The number of anilines is 1. The van der Waals surface area contributed by atoms with Crippen molar-refractivity contribution in [2.75, 3.05) is 37.7 Å². The normalized spacial score (nSPS) is 18.0. The van der Waals surface area contributed by atoms with Crippen LogP contribution in [0.4, 0.5) is 5.13 Å². The number of nitrogens with one attached hydrogen (secondary N) is 3. The van der Waals surface area contributed by atoms with Crippen molar-refractivity contribution in [2.24, 2.45) is 5.92 Å². The van der Waals surface area contributed by atoms with Gasteiger partial charge in [-0.1, -0.05) is 19.3 Å². The summed E-state index contributed by atoms with van der Waals surface area (Å²) in [5.41, 5.74) is 4.88. The fourth-order valence-corrected chi connectivity index (χ4v) is 4.04. The number of hydrogen-bond acceptors (Lipinski definition) is 7. The average Bonchev–Trinajstić information content (AvgIpc) is 3.22. The fourth-order valence-electron chi connectivity index (χ4n) is 3.18. The number of ether oxygens (including phenoxy) is 1. The molecule has 0 unspecified atom stereocenters. The molecule has 0 aromatic carbocycles. The summed E-state index contributed by atoms with van der Waals surface area (Å²) in [6.07, 6.45) is 5.03. The van der Waals surface area contributed by atoms with Gasteiger partial charge in [-0.2, -0.15) is 0 Å². The Hall–Kier alpha value is -2.20. The van der Waals surface area contributed by atoms with E-state index in [1.54, 1.807) is 5.38 Å². The molecule has 0 spiro atoms. The lowest BCUT2D eigenvalue weighted by Gasteiger charge is -2.25. The highest BCUT2D eigenvalue weighted by atomic mass is 32.1. The van der Waals surface area contributed by atoms with E-state index >= 15 is 0 Å². The van der Waals surface area contributed by atoms with Gasteiger partial charge in [0.05, 0.1) is 19.8 Å². The van der Waals surface area contributed by atoms with E-state index < -0.39 is 11.8 Å². The van der Waals surface area contributed by atoms with Gasteiger partial charge in [0.2, 0.25) is 5.91 Å². The molecule has 1 saturated heterocycles. The van der Waals surface area contributed by atoms with Crippen LogP contribution < -0.4 is 21.1 Å². The van der Waals surface area contributed by atoms with Gasteiger partial charge in [0.25, 0.3) is 11.8 Å². The molecule has 2 aliphatic rings. The predicted octanol–water partition coefficient (Wildman–Crippen LogP) is 0.437. The van der Waals surface area contributed by atoms with Gasteiger partial charge in [0.1, 0.15) is 5.69 Å². The summed E-state index contributed by atoms with van der Waals surface area (Å²) in [5.74, 6) is -1.06. The Kier molecular flexibility index (Phi) is 6.99. The first-order valence-corrected chi connectivity index (χ1v) is 10.2. The SMILES string of the molecule is O=C(CNC(=O)C1CCCCC1)NNC(=O)c1csc(N2CCOCC2)n1. The molecule has 9 nitrogen and oxygen atoms in total. The topological polar surface area (TPSA) is 113 Å². The van der Waals surface area contributed by atoms with Crippen molar-refractivity contribution >= 4 is 34.2 Å².